The maximum absolute atomic E-state index is 13.9. The fourth-order valence-corrected chi connectivity index (χ4v) is 2.34. The molecule has 1 heterocycles. The Kier molecular flexibility index (Phi) is 4.35. The van der Waals surface area contributed by atoms with E-state index in [0.29, 0.717) is 0 Å². The van der Waals surface area contributed by atoms with Crippen LogP contribution in [0.2, 0.25) is 0 Å². The fourth-order valence-electron chi connectivity index (χ4n) is 1.66. The van der Waals surface area contributed by atoms with Crippen LogP contribution < -0.4 is 0 Å². The van der Waals surface area contributed by atoms with Gasteiger partial charge in [-0.2, -0.15) is 0 Å². The molecule has 0 fully saturated rings. The highest BCUT2D eigenvalue weighted by atomic mass is 32.2. The van der Waals surface area contributed by atoms with Crippen LogP contribution in [0.15, 0.2) is 23.4 Å². The zero-order valence-electron chi connectivity index (χ0n) is 10.6. The molecule has 0 saturated carbocycles. The first-order chi connectivity index (χ1) is 9.52. The van der Waals surface area contributed by atoms with E-state index in [-0.39, 0.29) is 22.4 Å². The van der Waals surface area contributed by atoms with Crippen LogP contribution in [0.3, 0.4) is 0 Å². The number of carboxylic acids is 1. The summed E-state index contributed by atoms with van der Waals surface area (Å²) in [6.07, 6.45) is 0. The smallest absolute Gasteiger partial charge is 0.313 e. The van der Waals surface area contributed by atoms with E-state index in [2.05, 4.69) is 10.2 Å². The second-order valence-electron chi connectivity index (χ2n) is 4.03. The van der Waals surface area contributed by atoms with Gasteiger partial charge in [0.1, 0.15) is 12.4 Å². The monoisotopic (exact) mass is 297 g/mol. The van der Waals surface area contributed by atoms with Crippen LogP contribution in [0.5, 0.6) is 0 Å². The minimum absolute atomic E-state index is 0.155. The quantitative estimate of drug-likeness (QED) is 0.811. The summed E-state index contributed by atoms with van der Waals surface area (Å²) in [7, 11) is 0. The normalized spacial score (nSPS) is 10.8. The molecular formula is C12H12FN3O3S. The Bertz CT molecular complexity index is 645. The molecule has 6 nitrogen and oxygen atoms in total. The van der Waals surface area contributed by atoms with E-state index in [9.17, 15) is 14.3 Å². The van der Waals surface area contributed by atoms with Crippen LogP contribution in [0, 0.1) is 12.7 Å². The number of thioether (sulfide) groups is 1. The number of rotatable bonds is 5. The SMILES string of the molecule is Cc1ccc(F)c(-n2c(CO)nnc2SCC(=O)O)c1. The summed E-state index contributed by atoms with van der Waals surface area (Å²) in [6.45, 7) is 1.38. The van der Waals surface area contributed by atoms with Gasteiger partial charge in [-0.15, -0.1) is 10.2 Å². The number of aliphatic hydroxyl groups is 1. The van der Waals surface area contributed by atoms with Crippen molar-refractivity contribution in [1.82, 2.24) is 14.8 Å². The lowest BCUT2D eigenvalue weighted by molar-refractivity contribution is -0.133. The van der Waals surface area contributed by atoms with Gasteiger partial charge in [0.15, 0.2) is 11.0 Å². The molecule has 0 bridgehead atoms. The predicted molar refractivity (Wildman–Crippen MR) is 70.3 cm³/mol. The van der Waals surface area contributed by atoms with E-state index in [1.807, 2.05) is 0 Å². The number of carboxylic acid groups (broad SMARTS) is 1. The Morgan fingerprint density at radius 2 is 2.20 bits per heavy atom. The van der Waals surface area contributed by atoms with E-state index in [1.54, 1.807) is 19.1 Å². The number of hydrogen-bond donors (Lipinski definition) is 2. The third kappa shape index (κ3) is 2.97. The number of aromatic nitrogens is 3. The summed E-state index contributed by atoms with van der Waals surface area (Å²) < 4.78 is 15.3. The lowest BCUT2D eigenvalue weighted by Gasteiger charge is -2.10. The van der Waals surface area contributed by atoms with Gasteiger partial charge in [0.25, 0.3) is 0 Å². The number of carbonyl (C=O) groups is 1. The lowest BCUT2D eigenvalue weighted by Crippen LogP contribution is -2.07. The molecule has 106 valence electrons. The minimum atomic E-state index is -1.01. The number of aliphatic carboxylic acids is 1. The highest BCUT2D eigenvalue weighted by Gasteiger charge is 2.17. The number of hydrogen-bond acceptors (Lipinski definition) is 5. The molecule has 0 aliphatic rings. The molecule has 1 aromatic carbocycles. The summed E-state index contributed by atoms with van der Waals surface area (Å²) in [5.74, 6) is -1.58. The summed E-state index contributed by atoms with van der Waals surface area (Å²) >= 11 is 0.913. The van der Waals surface area contributed by atoms with Gasteiger partial charge in [-0.3, -0.25) is 9.36 Å². The average Bonchev–Trinajstić information content (AvgIpc) is 2.82. The first-order valence-corrected chi connectivity index (χ1v) is 6.67. The van der Waals surface area contributed by atoms with Crippen LogP contribution in [-0.2, 0) is 11.4 Å². The third-order valence-electron chi connectivity index (χ3n) is 2.51. The number of aryl methyl sites for hydroxylation is 1. The molecule has 2 aromatic rings. The summed E-state index contributed by atoms with van der Waals surface area (Å²) in [5.41, 5.74) is 1.01. The molecule has 0 radical (unpaired) electrons. The molecular weight excluding hydrogens is 285 g/mol. The van der Waals surface area contributed by atoms with Crippen LogP contribution in [0.1, 0.15) is 11.4 Å². The molecule has 20 heavy (non-hydrogen) atoms. The molecule has 2 N–H and O–H groups in total. The molecule has 8 heteroatoms. The van der Waals surface area contributed by atoms with E-state index in [1.165, 1.54) is 10.6 Å². The highest BCUT2D eigenvalue weighted by Crippen LogP contribution is 2.24. The zero-order valence-corrected chi connectivity index (χ0v) is 11.4. The van der Waals surface area contributed by atoms with Gasteiger partial charge in [0, 0.05) is 0 Å². The van der Waals surface area contributed by atoms with Crippen molar-refractivity contribution in [2.24, 2.45) is 0 Å². The molecule has 0 saturated heterocycles. The molecule has 2 rings (SSSR count). The van der Waals surface area contributed by atoms with E-state index >= 15 is 0 Å². The van der Waals surface area contributed by atoms with Crippen LogP contribution >= 0.6 is 11.8 Å². The van der Waals surface area contributed by atoms with Crippen LogP contribution in [-0.4, -0.2) is 36.7 Å². The zero-order chi connectivity index (χ0) is 14.7. The first-order valence-electron chi connectivity index (χ1n) is 5.69. The van der Waals surface area contributed by atoms with Gasteiger partial charge in [-0.25, -0.2) is 4.39 Å². The Hall–Kier alpha value is -1.93. The maximum Gasteiger partial charge on any atom is 0.313 e. The number of halogens is 1. The van der Waals surface area contributed by atoms with Crippen molar-refractivity contribution in [3.63, 3.8) is 0 Å². The Balaban J connectivity index is 2.50. The summed E-state index contributed by atoms with van der Waals surface area (Å²) in [6, 6.07) is 4.51. The molecule has 0 spiro atoms. The molecule has 0 amide bonds. The molecule has 0 aliphatic heterocycles. The van der Waals surface area contributed by atoms with Crippen molar-refractivity contribution < 1.29 is 19.4 Å². The van der Waals surface area contributed by atoms with Crippen LogP contribution in [0.25, 0.3) is 5.69 Å². The van der Waals surface area contributed by atoms with Gasteiger partial charge >= 0.3 is 5.97 Å². The fraction of sp³-hybridized carbons (Fsp3) is 0.250. The highest BCUT2D eigenvalue weighted by molar-refractivity contribution is 7.99. The second kappa shape index (κ2) is 6.02. The largest absolute Gasteiger partial charge is 0.481 e. The van der Waals surface area contributed by atoms with Crippen molar-refractivity contribution in [2.45, 2.75) is 18.7 Å². The second-order valence-corrected chi connectivity index (χ2v) is 4.97. The molecule has 0 atom stereocenters. The summed E-state index contributed by atoms with van der Waals surface area (Å²) in [4.78, 5) is 10.6. The van der Waals surface area contributed by atoms with Crippen molar-refractivity contribution >= 4 is 17.7 Å². The van der Waals surface area contributed by atoms with Gasteiger partial charge in [-0.1, -0.05) is 17.8 Å². The third-order valence-corrected chi connectivity index (χ3v) is 3.42. The maximum atomic E-state index is 13.9. The Morgan fingerprint density at radius 1 is 1.45 bits per heavy atom. The van der Waals surface area contributed by atoms with Crippen LogP contribution in [0.4, 0.5) is 4.39 Å². The number of nitrogens with zero attached hydrogens (tertiary/aromatic N) is 3. The van der Waals surface area contributed by atoms with Gasteiger partial charge in [-0.05, 0) is 24.6 Å². The van der Waals surface area contributed by atoms with Crippen molar-refractivity contribution in [2.75, 3.05) is 5.75 Å². The Labute approximate surface area is 118 Å². The topological polar surface area (TPSA) is 88.2 Å². The summed E-state index contributed by atoms with van der Waals surface area (Å²) in [5, 5.41) is 25.7. The van der Waals surface area contributed by atoms with Crippen molar-refractivity contribution in [1.29, 1.82) is 0 Å². The van der Waals surface area contributed by atoms with E-state index in [4.69, 9.17) is 5.11 Å². The van der Waals surface area contributed by atoms with Crippen molar-refractivity contribution in [3.05, 3.63) is 35.4 Å². The van der Waals surface area contributed by atoms with Gasteiger partial charge in [0.05, 0.1) is 11.4 Å². The average molecular weight is 297 g/mol. The van der Waals surface area contributed by atoms with Crippen molar-refractivity contribution in [3.8, 4) is 5.69 Å². The van der Waals surface area contributed by atoms with E-state index in [0.717, 1.165) is 17.3 Å². The molecule has 0 unspecified atom stereocenters. The van der Waals surface area contributed by atoms with Gasteiger partial charge < -0.3 is 10.2 Å². The number of benzene rings is 1. The lowest BCUT2D eigenvalue weighted by atomic mass is 10.2. The molecule has 1 aromatic heterocycles. The Morgan fingerprint density at radius 3 is 2.85 bits per heavy atom. The standard InChI is InChI=1S/C12H12FN3O3S/c1-7-2-3-8(13)9(4-7)16-10(5-17)14-15-12(16)20-6-11(18)19/h2-4,17H,5-6H2,1H3,(H,18,19). The number of aliphatic hydroxyl groups excluding tert-OH is 1. The first kappa shape index (κ1) is 14.5. The van der Waals surface area contributed by atoms with E-state index < -0.39 is 18.4 Å². The molecule has 0 aliphatic carbocycles. The predicted octanol–water partition coefficient (Wildman–Crippen LogP) is 1.38. The van der Waals surface area contributed by atoms with Gasteiger partial charge in [0.2, 0.25) is 0 Å². The minimum Gasteiger partial charge on any atom is -0.481 e.